The van der Waals surface area contributed by atoms with Gasteiger partial charge in [0.1, 0.15) is 0 Å². The molecule has 0 heteroatoms. The van der Waals surface area contributed by atoms with Gasteiger partial charge in [-0.1, -0.05) is 18.6 Å². The molecule has 2 unspecified atom stereocenters. The van der Waals surface area contributed by atoms with Crippen molar-refractivity contribution in [1.29, 1.82) is 0 Å². The summed E-state index contributed by atoms with van der Waals surface area (Å²) in [5, 5.41) is 0. The average molecular weight is 176 g/mol. The molecule has 72 valence electrons. The molecule has 4 atom stereocenters. The maximum absolute atomic E-state index is 2.61. The Balaban J connectivity index is 2.05. The minimum atomic E-state index is 0.596. The third-order valence-electron chi connectivity index (χ3n) is 4.85. The van der Waals surface area contributed by atoms with E-state index in [4.69, 9.17) is 0 Å². The van der Waals surface area contributed by atoms with Crippen molar-refractivity contribution in [2.45, 2.75) is 46.0 Å². The van der Waals surface area contributed by atoms with Gasteiger partial charge in [0.05, 0.1) is 0 Å². The molecule has 0 aromatic rings. The number of rotatable bonds is 0. The SMILES string of the molecule is CC1=CC2C[C@@H]3C[C@H](C2)CC1(C)C3. The van der Waals surface area contributed by atoms with Crippen LogP contribution in [0.5, 0.6) is 0 Å². The summed E-state index contributed by atoms with van der Waals surface area (Å²) < 4.78 is 0. The van der Waals surface area contributed by atoms with E-state index >= 15 is 0 Å². The normalized spacial score (nSPS) is 53.4. The summed E-state index contributed by atoms with van der Waals surface area (Å²) in [4.78, 5) is 0. The third kappa shape index (κ3) is 1.11. The van der Waals surface area contributed by atoms with Crippen molar-refractivity contribution in [2.24, 2.45) is 23.2 Å². The Labute approximate surface area is 81.4 Å². The van der Waals surface area contributed by atoms with Crippen molar-refractivity contribution >= 4 is 0 Å². The standard InChI is InChI=1S/C13H20/c1-9-3-10-4-11-6-12(5-10)8-13(9,2)7-11/h3,10-12H,4-8H2,1-2H3/t10?,11-,12+,13?. The molecule has 0 heterocycles. The zero-order valence-electron chi connectivity index (χ0n) is 8.84. The highest BCUT2D eigenvalue weighted by atomic mass is 14.5. The molecule has 2 saturated carbocycles. The summed E-state index contributed by atoms with van der Waals surface area (Å²) >= 11 is 0. The lowest BCUT2D eigenvalue weighted by Gasteiger charge is -2.44. The number of allylic oxidation sites excluding steroid dienone is 2. The van der Waals surface area contributed by atoms with Crippen LogP contribution in [-0.2, 0) is 0 Å². The average Bonchev–Trinajstić information content (AvgIpc) is 2.12. The molecule has 0 saturated heterocycles. The van der Waals surface area contributed by atoms with Crippen LogP contribution in [0.1, 0.15) is 46.0 Å². The fourth-order valence-corrected chi connectivity index (χ4v) is 4.32. The van der Waals surface area contributed by atoms with Crippen LogP contribution in [0.4, 0.5) is 0 Å². The van der Waals surface area contributed by atoms with Gasteiger partial charge in [-0.05, 0) is 62.2 Å². The van der Waals surface area contributed by atoms with Crippen LogP contribution in [0.15, 0.2) is 11.6 Å². The van der Waals surface area contributed by atoms with Crippen molar-refractivity contribution in [2.75, 3.05) is 0 Å². The molecule has 0 aromatic carbocycles. The van der Waals surface area contributed by atoms with E-state index in [9.17, 15) is 0 Å². The molecule has 0 N–H and O–H groups in total. The lowest BCUT2D eigenvalue weighted by molar-refractivity contribution is 0.0897. The number of hydrogen-bond acceptors (Lipinski definition) is 0. The molecule has 0 radical (unpaired) electrons. The van der Waals surface area contributed by atoms with Crippen LogP contribution in [0.25, 0.3) is 0 Å². The second kappa shape index (κ2) is 2.40. The molecule has 0 nitrogen and oxygen atoms in total. The van der Waals surface area contributed by atoms with Gasteiger partial charge in [0, 0.05) is 0 Å². The second-order valence-electron chi connectivity index (χ2n) is 6.02. The largest absolute Gasteiger partial charge is 0.0819 e. The maximum Gasteiger partial charge on any atom is -0.0114 e. The van der Waals surface area contributed by atoms with Gasteiger partial charge in [-0.3, -0.25) is 0 Å². The molecular formula is C13H20. The first-order chi connectivity index (χ1) is 6.16. The van der Waals surface area contributed by atoms with E-state index < -0.39 is 0 Å². The Morgan fingerprint density at radius 1 is 1.15 bits per heavy atom. The Morgan fingerprint density at radius 3 is 2.38 bits per heavy atom. The van der Waals surface area contributed by atoms with Gasteiger partial charge < -0.3 is 0 Å². The zero-order valence-corrected chi connectivity index (χ0v) is 8.84. The van der Waals surface area contributed by atoms with E-state index in [0.717, 1.165) is 17.8 Å². The van der Waals surface area contributed by atoms with E-state index in [1.165, 1.54) is 25.7 Å². The maximum atomic E-state index is 2.61. The van der Waals surface area contributed by atoms with Gasteiger partial charge in [-0.25, -0.2) is 0 Å². The topological polar surface area (TPSA) is 0 Å². The molecule has 4 bridgehead atoms. The molecule has 0 amide bonds. The van der Waals surface area contributed by atoms with Gasteiger partial charge in [-0.2, -0.15) is 0 Å². The second-order valence-corrected chi connectivity index (χ2v) is 6.02. The zero-order chi connectivity index (χ0) is 9.05. The van der Waals surface area contributed by atoms with Gasteiger partial charge in [0.2, 0.25) is 0 Å². The van der Waals surface area contributed by atoms with Crippen molar-refractivity contribution in [1.82, 2.24) is 0 Å². The first-order valence-corrected chi connectivity index (χ1v) is 5.85. The minimum absolute atomic E-state index is 0.596. The smallest absolute Gasteiger partial charge is 0.0114 e. The molecule has 4 aliphatic carbocycles. The number of hydrogen-bond donors (Lipinski definition) is 0. The fraction of sp³-hybridized carbons (Fsp3) is 0.846. The molecule has 0 aromatic heterocycles. The highest BCUT2D eigenvalue weighted by Gasteiger charge is 2.44. The Morgan fingerprint density at radius 2 is 1.77 bits per heavy atom. The quantitative estimate of drug-likeness (QED) is 0.493. The van der Waals surface area contributed by atoms with Crippen LogP contribution in [0.3, 0.4) is 0 Å². The molecule has 4 rings (SSSR count). The summed E-state index contributed by atoms with van der Waals surface area (Å²) in [6, 6.07) is 0. The molecular weight excluding hydrogens is 156 g/mol. The fourth-order valence-electron chi connectivity index (χ4n) is 4.32. The van der Waals surface area contributed by atoms with Crippen LogP contribution in [0, 0.1) is 23.2 Å². The van der Waals surface area contributed by atoms with Crippen molar-refractivity contribution in [3.8, 4) is 0 Å². The van der Waals surface area contributed by atoms with Crippen molar-refractivity contribution in [3.05, 3.63) is 11.6 Å². The first kappa shape index (κ1) is 8.08. The van der Waals surface area contributed by atoms with E-state index in [0.29, 0.717) is 5.41 Å². The lowest BCUT2D eigenvalue weighted by atomic mass is 9.61. The highest BCUT2D eigenvalue weighted by molar-refractivity contribution is 5.19. The molecule has 0 aliphatic heterocycles. The van der Waals surface area contributed by atoms with Crippen LogP contribution in [0.2, 0.25) is 0 Å². The Kier molecular flexibility index (Phi) is 1.49. The van der Waals surface area contributed by atoms with E-state index in [1.54, 1.807) is 12.0 Å². The summed E-state index contributed by atoms with van der Waals surface area (Å²) in [6.07, 6.45) is 10.1. The third-order valence-corrected chi connectivity index (χ3v) is 4.85. The first-order valence-electron chi connectivity index (χ1n) is 5.85. The summed E-state index contributed by atoms with van der Waals surface area (Å²) in [5.74, 6) is 3.08. The molecule has 4 aliphatic rings. The molecule has 2 fully saturated rings. The van der Waals surface area contributed by atoms with Crippen LogP contribution >= 0.6 is 0 Å². The summed E-state index contributed by atoms with van der Waals surface area (Å²) in [5.41, 5.74) is 2.31. The Bertz CT molecular complexity index is 247. The molecule has 0 spiro atoms. The molecule has 13 heavy (non-hydrogen) atoms. The van der Waals surface area contributed by atoms with Crippen molar-refractivity contribution < 1.29 is 0 Å². The van der Waals surface area contributed by atoms with Gasteiger partial charge in [-0.15, -0.1) is 0 Å². The van der Waals surface area contributed by atoms with Crippen LogP contribution in [-0.4, -0.2) is 0 Å². The Hall–Kier alpha value is -0.260. The van der Waals surface area contributed by atoms with Gasteiger partial charge in [0.25, 0.3) is 0 Å². The van der Waals surface area contributed by atoms with Gasteiger partial charge >= 0.3 is 0 Å². The van der Waals surface area contributed by atoms with E-state index in [-0.39, 0.29) is 0 Å². The predicted molar refractivity (Wildman–Crippen MR) is 55.4 cm³/mol. The van der Waals surface area contributed by atoms with E-state index in [2.05, 4.69) is 19.9 Å². The van der Waals surface area contributed by atoms with Crippen molar-refractivity contribution in [3.63, 3.8) is 0 Å². The van der Waals surface area contributed by atoms with Crippen LogP contribution < -0.4 is 0 Å². The summed E-state index contributed by atoms with van der Waals surface area (Å²) in [6.45, 7) is 4.88. The highest BCUT2D eigenvalue weighted by Crippen LogP contribution is 2.56. The van der Waals surface area contributed by atoms with Gasteiger partial charge in [0.15, 0.2) is 0 Å². The minimum Gasteiger partial charge on any atom is -0.0819 e. The monoisotopic (exact) mass is 176 g/mol. The lowest BCUT2D eigenvalue weighted by Crippen LogP contribution is -2.33. The summed E-state index contributed by atoms with van der Waals surface area (Å²) in [7, 11) is 0. The van der Waals surface area contributed by atoms with E-state index in [1.807, 2.05) is 0 Å². The predicted octanol–water partition coefficient (Wildman–Crippen LogP) is 3.78.